The van der Waals surface area contributed by atoms with Gasteiger partial charge in [0.05, 0.1) is 11.6 Å². The predicted molar refractivity (Wildman–Crippen MR) is 103 cm³/mol. The molecule has 1 saturated carbocycles. The van der Waals surface area contributed by atoms with Gasteiger partial charge in [-0.3, -0.25) is 0 Å². The Balaban J connectivity index is 1.60. The second-order valence-corrected chi connectivity index (χ2v) is 7.92. The Bertz CT molecular complexity index is 930. The number of pyridine rings is 1. The van der Waals surface area contributed by atoms with E-state index in [2.05, 4.69) is 38.1 Å². The molecule has 0 bridgehead atoms. The summed E-state index contributed by atoms with van der Waals surface area (Å²) in [5.41, 5.74) is 2.01. The van der Waals surface area contributed by atoms with E-state index in [0.29, 0.717) is 17.6 Å². The van der Waals surface area contributed by atoms with Gasteiger partial charge in [-0.2, -0.15) is 5.26 Å². The van der Waals surface area contributed by atoms with Gasteiger partial charge in [0.25, 0.3) is 0 Å². The number of fused-ring (bicyclic) bond motifs is 2. The molecule has 3 aliphatic rings. The number of rotatable bonds is 3. The Morgan fingerprint density at radius 1 is 1.26 bits per heavy atom. The molecule has 0 unspecified atom stereocenters. The minimum absolute atomic E-state index is 0.112. The highest BCUT2D eigenvalue weighted by Crippen LogP contribution is 2.56. The molecule has 2 aromatic heterocycles. The van der Waals surface area contributed by atoms with Gasteiger partial charge >= 0.3 is 0 Å². The molecule has 0 radical (unpaired) electrons. The minimum atomic E-state index is 0.112. The molecule has 7 nitrogen and oxygen atoms in total. The summed E-state index contributed by atoms with van der Waals surface area (Å²) in [7, 11) is 2.02. The number of nitrogens with one attached hydrogen (secondary N) is 1. The fourth-order valence-corrected chi connectivity index (χ4v) is 4.78. The van der Waals surface area contributed by atoms with Gasteiger partial charge in [0.1, 0.15) is 23.8 Å². The van der Waals surface area contributed by atoms with Crippen molar-refractivity contribution >= 4 is 17.5 Å². The molecule has 1 spiro atoms. The van der Waals surface area contributed by atoms with E-state index in [1.54, 1.807) is 18.6 Å². The molecule has 1 aliphatic carbocycles. The summed E-state index contributed by atoms with van der Waals surface area (Å²) in [4.78, 5) is 18.5. The van der Waals surface area contributed by atoms with Crippen LogP contribution < -0.4 is 15.1 Å². The highest BCUT2D eigenvalue weighted by molar-refractivity contribution is 5.75. The molecule has 2 fully saturated rings. The molecule has 5 rings (SSSR count). The standard InChI is InChI=1S/C20H23N7/c1-13-15(22-2)10-26(13)18-17-19(25-12-24-18)27(11-20(17)5-3-6-20)16-8-14(9-21)4-7-23-16/h4,7-8,12-13,15,22H,3,5-6,10-11H2,1-2H3/t13-,15-/m0/s1. The summed E-state index contributed by atoms with van der Waals surface area (Å²) >= 11 is 0. The first-order chi connectivity index (χ1) is 13.2. The van der Waals surface area contributed by atoms with Crippen molar-refractivity contribution in [3.05, 3.63) is 35.8 Å². The summed E-state index contributed by atoms with van der Waals surface area (Å²) in [6, 6.07) is 6.72. The van der Waals surface area contributed by atoms with Crippen molar-refractivity contribution in [1.29, 1.82) is 5.26 Å². The third-order valence-electron chi connectivity index (χ3n) is 6.63. The van der Waals surface area contributed by atoms with Gasteiger partial charge in [-0.05, 0) is 38.9 Å². The zero-order chi connectivity index (χ0) is 18.6. The lowest BCUT2D eigenvalue weighted by molar-refractivity contribution is 0.263. The Morgan fingerprint density at radius 2 is 2.07 bits per heavy atom. The summed E-state index contributed by atoms with van der Waals surface area (Å²) in [6.07, 6.45) is 6.93. The SMILES string of the molecule is CN[C@H]1CN(c2ncnc3c2C2(CCC2)CN3c2cc(C#N)ccn2)[C@H]1C. The first-order valence-electron chi connectivity index (χ1n) is 9.60. The number of aromatic nitrogens is 3. The Kier molecular flexibility index (Phi) is 3.59. The number of likely N-dealkylation sites (N-methyl/N-ethyl adjacent to an activating group) is 1. The monoisotopic (exact) mass is 361 g/mol. The maximum absolute atomic E-state index is 9.26. The second kappa shape index (κ2) is 5.89. The van der Waals surface area contributed by atoms with Crippen molar-refractivity contribution in [1.82, 2.24) is 20.3 Å². The maximum atomic E-state index is 9.26. The number of hydrogen-bond acceptors (Lipinski definition) is 7. The highest BCUT2D eigenvalue weighted by atomic mass is 15.3. The first-order valence-corrected chi connectivity index (χ1v) is 9.60. The lowest BCUT2D eigenvalue weighted by Gasteiger charge is -2.49. The van der Waals surface area contributed by atoms with E-state index in [-0.39, 0.29) is 5.41 Å². The molecule has 1 N–H and O–H groups in total. The number of nitriles is 1. The number of nitrogens with zero attached hydrogens (tertiary/aromatic N) is 6. The molecular weight excluding hydrogens is 338 g/mol. The van der Waals surface area contributed by atoms with Crippen LogP contribution in [0, 0.1) is 11.3 Å². The topological polar surface area (TPSA) is 81.0 Å². The van der Waals surface area contributed by atoms with Gasteiger partial charge in [0.15, 0.2) is 0 Å². The summed E-state index contributed by atoms with van der Waals surface area (Å²) < 4.78 is 0. The summed E-state index contributed by atoms with van der Waals surface area (Å²) in [5.74, 6) is 2.84. The largest absolute Gasteiger partial charge is 0.350 e. The van der Waals surface area contributed by atoms with Crippen LogP contribution in [-0.4, -0.2) is 47.2 Å². The predicted octanol–water partition coefficient (Wildman–Crippen LogP) is 2.11. The van der Waals surface area contributed by atoms with Crippen LogP contribution in [0.25, 0.3) is 0 Å². The Morgan fingerprint density at radius 3 is 2.74 bits per heavy atom. The lowest BCUT2D eigenvalue weighted by atomic mass is 9.65. The van der Waals surface area contributed by atoms with Gasteiger partial charge in [0.2, 0.25) is 0 Å². The van der Waals surface area contributed by atoms with Crippen molar-refractivity contribution in [3.8, 4) is 6.07 Å². The van der Waals surface area contributed by atoms with E-state index in [1.807, 2.05) is 13.1 Å². The van der Waals surface area contributed by atoms with Crippen LogP contribution in [0.3, 0.4) is 0 Å². The molecule has 2 aromatic rings. The maximum Gasteiger partial charge on any atom is 0.143 e. The van der Waals surface area contributed by atoms with Gasteiger partial charge in [-0.25, -0.2) is 15.0 Å². The average Bonchev–Trinajstić information content (AvgIpc) is 3.04. The smallest absolute Gasteiger partial charge is 0.143 e. The van der Waals surface area contributed by atoms with Crippen LogP contribution in [0.5, 0.6) is 0 Å². The van der Waals surface area contributed by atoms with Crippen LogP contribution in [0.15, 0.2) is 24.7 Å². The molecule has 0 amide bonds. The zero-order valence-electron chi connectivity index (χ0n) is 15.7. The third-order valence-corrected chi connectivity index (χ3v) is 6.63. The lowest BCUT2D eigenvalue weighted by Crippen LogP contribution is -2.64. The summed E-state index contributed by atoms with van der Waals surface area (Å²) in [5, 5.41) is 12.6. The second-order valence-electron chi connectivity index (χ2n) is 7.92. The molecule has 7 heteroatoms. The molecule has 2 aliphatic heterocycles. The molecule has 138 valence electrons. The highest BCUT2D eigenvalue weighted by Gasteiger charge is 2.52. The van der Waals surface area contributed by atoms with Crippen LogP contribution in [-0.2, 0) is 5.41 Å². The van der Waals surface area contributed by atoms with E-state index in [0.717, 1.165) is 43.4 Å². The Hall–Kier alpha value is -2.72. The van der Waals surface area contributed by atoms with Crippen molar-refractivity contribution in [2.75, 3.05) is 29.9 Å². The number of hydrogen-bond donors (Lipinski definition) is 1. The van der Waals surface area contributed by atoms with E-state index in [4.69, 9.17) is 4.98 Å². The molecule has 27 heavy (non-hydrogen) atoms. The van der Waals surface area contributed by atoms with E-state index >= 15 is 0 Å². The molecule has 1 saturated heterocycles. The van der Waals surface area contributed by atoms with Crippen LogP contribution in [0.1, 0.15) is 37.3 Å². The van der Waals surface area contributed by atoms with Gasteiger partial charge in [-0.1, -0.05) is 6.42 Å². The molecule has 4 heterocycles. The van der Waals surface area contributed by atoms with Gasteiger partial charge in [0, 0.05) is 42.3 Å². The quantitative estimate of drug-likeness (QED) is 0.897. The van der Waals surface area contributed by atoms with E-state index in [9.17, 15) is 5.26 Å². The van der Waals surface area contributed by atoms with Crippen molar-refractivity contribution in [2.24, 2.45) is 0 Å². The van der Waals surface area contributed by atoms with Crippen LogP contribution >= 0.6 is 0 Å². The first kappa shape index (κ1) is 16.5. The Labute approximate surface area is 159 Å². The molecular formula is C20H23N7. The zero-order valence-corrected chi connectivity index (χ0v) is 15.7. The van der Waals surface area contributed by atoms with Crippen LogP contribution in [0.2, 0.25) is 0 Å². The van der Waals surface area contributed by atoms with E-state index < -0.39 is 0 Å². The number of anilines is 3. The third kappa shape index (κ3) is 2.26. The fraction of sp³-hybridized carbons (Fsp3) is 0.500. The van der Waals surface area contributed by atoms with Crippen molar-refractivity contribution in [2.45, 2.75) is 43.7 Å². The minimum Gasteiger partial charge on any atom is -0.350 e. The summed E-state index contributed by atoms with van der Waals surface area (Å²) in [6.45, 7) is 4.09. The van der Waals surface area contributed by atoms with Gasteiger partial charge < -0.3 is 15.1 Å². The van der Waals surface area contributed by atoms with Crippen molar-refractivity contribution in [3.63, 3.8) is 0 Å². The van der Waals surface area contributed by atoms with E-state index in [1.165, 1.54) is 12.0 Å². The molecule has 0 aromatic carbocycles. The van der Waals surface area contributed by atoms with Crippen LogP contribution in [0.4, 0.5) is 17.5 Å². The average molecular weight is 361 g/mol. The van der Waals surface area contributed by atoms with Gasteiger partial charge in [-0.15, -0.1) is 0 Å². The molecule has 2 atom stereocenters. The fourth-order valence-electron chi connectivity index (χ4n) is 4.78. The van der Waals surface area contributed by atoms with Crippen molar-refractivity contribution < 1.29 is 0 Å². The normalized spacial score (nSPS) is 24.9.